The van der Waals surface area contributed by atoms with Gasteiger partial charge in [0.1, 0.15) is 6.73 Å². The molecule has 1 heterocycles. The van der Waals surface area contributed by atoms with Crippen LogP contribution in [-0.2, 0) is 17.6 Å². The topological polar surface area (TPSA) is 27.1 Å². The fraction of sp³-hybridized carbons (Fsp3) is 0.500. The van der Waals surface area contributed by atoms with Gasteiger partial charge in [-0.25, -0.2) is 4.68 Å². The molecule has 0 aliphatic heterocycles. The van der Waals surface area contributed by atoms with E-state index in [2.05, 4.69) is 9.84 Å². The number of methoxy groups -OCH3 is 1. The summed E-state index contributed by atoms with van der Waals surface area (Å²) in [6, 6.07) is 1.98. The van der Waals surface area contributed by atoms with Crippen LogP contribution >= 0.6 is 0 Å². The van der Waals surface area contributed by atoms with E-state index in [-0.39, 0.29) is 6.73 Å². The third kappa shape index (κ3) is 1.97. The lowest BCUT2D eigenvalue weighted by atomic mass is 10.4. The molecular formula is C6H6F3N2O. The molecule has 0 unspecified atom stereocenters. The molecule has 3 nitrogen and oxygen atoms in total. The SMILES string of the molecule is COCn1c[c]c(C(F)(F)F)n1. The van der Waals surface area contributed by atoms with Crippen LogP contribution in [0.25, 0.3) is 0 Å². The van der Waals surface area contributed by atoms with Gasteiger partial charge in [0.2, 0.25) is 0 Å². The molecule has 0 aliphatic carbocycles. The molecule has 1 aromatic heterocycles. The maximum absolute atomic E-state index is 11.9. The summed E-state index contributed by atoms with van der Waals surface area (Å²) in [7, 11) is 1.37. The van der Waals surface area contributed by atoms with Gasteiger partial charge in [-0.2, -0.15) is 18.3 Å². The summed E-state index contributed by atoms with van der Waals surface area (Å²) in [6.07, 6.45) is -3.34. The highest BCUT2D eigenvalue weighted by Crippen LogP contribution is 2.26. The van der Waals surface area contributed by atoms with Crippen molar-refractivity contribution in [1.82, 2.24) is 9.78 Å². The standard InChI is InChI=1S/C6H6F3N2O/c1-12-4-11-3-2-5(10-11)6(7,8)9/h3H,4H2,1H3. The molecule has 0 bridgehead atoms. The zero-order valence-corrected chi connectivity index (χ0v) is 6.22. The molecule has 0 amide bonds. The van der Waals surface area contributed by atoms with E-state index >= 15 is 0 Å². The molecule has 67 valence electrons. The molecular weight excluding hydrogens is 173 g/mol. The van der Waals surface area contributed by atoms with Crippen LogP contribution < -0.4 is 0 Å². The van der Waals surface area contributed by atoms with E-state index in [4.69, 9.17) is 0 Å². The zero-order valence-electron chi connectivity index (χ0n) is 6.22. The molecule has 0 saturated heterocycles. The van der Waals surface area contributed by atoms with Gasteiger partial charge in [0, 0.05) is 19.4 Å². The second-order valence-electron chi connectivity index (χ2n) is 2.08. The second-order valence-corrected chi connectivity index (χ2v) is 2.08. The minimum atomic E-state index is -4.43. The Morgan fingerprint density at radius 3 is 2.75 bits per heavy atom. The molecule has 1 aromatic rings. The van der Waals surface area contributed by atoms with Gasteiger partial charge in [0.05, 0.1) is 0 Å². The van der Waals surface area contributed by atoms with Crippen LogP contribution in [0.1, 0.15) is 5.69 Å². The number of aromatic nitrogens is 2. The van der Waals surface area contributed by atoms with Crippen LogP contribution in [-0.4, -0.2) is 16.9 Å². The van der Waals surface area contributed by atoms with E-state index in [9.17, 15) is 13.2 Å². The molecule has 0 atom stereocenters. The maximum atomic E-state index is 11.9. The summed E-state index contributed by atoms with van der Waals surface area (Å²) in [6.45, 7) is -0.00736. The molecule has 0 spiro atoms. The predicted octanol–water partition coefficient (Wildman–Crippen LogP) is 1.31. The van der Waals surface area contributed by atoms with Crippen LogP contribution in [0.4, 0.5) is 13.2 Å². The van der Waals surface area contributed by atoms with E-state index in [1.54, 1.807) is 0 Å². The molecule has 0 aliphatic rings. The Labute approximate surface area is 66.7 Å². The van der Waals surface area contributed by atoms with E-state index in [0.717, 1.165) is 10.9 Å². The summed E-state index contributed by atoms with van der Waals surface area (Å²) in [5.41, 5.74) is -1.03. The number of hydrogen-bond donors (Lipinski definition) is 0. The largest absolute Gasteiger partial charge is 0.435 e. The highest BCUT2D eigenvalue weighted by molar-refractivity contribution is 5.00. The lowest BCUT2D eigenvalue weighted by molar-refractivity contribution is -0.141. The molecule has 6 heteroatoms. The Morgan fingerprint density at radius 1 is 1.67 bits per heavy atom. The van der Waals surface area contributed by atoms with Gasteiger partial charge in [-0.05, 0) is 0 Å². The summed E-state index contributed by atoms with van der Waals surface area (Å²) in [4.78, 5) is 0. The van der Waals surface area contributed by atoms with Gasteiger partial charge in [0.15, 0.2) is 5.69 Å². The van der Waals surface area contributed by atoms with Crippen molar-refractivity contribution in [3.8, 4) is 0 Å². The van der Waals surface area contributed by atoms with Crippen LogP contribution in [0.3, 0.4) is 0 Å². The third-order valence-electron chi connectivity index (χ3n) is 1.11. The normalized spacial score (nSPS) is 12.0. The predicted molar refractivity (Wildman–Crippen MR) is 33.1 cm³/mol. The number of halogens is 3. The first-order chi connectivity index (χ1) is 5.54. The summed E-state index contributed by atoms with van der Waals surface area (Å²) >= 11 is 0. The fourth-order valence-electron chi connectivity index (χ4n) is 0.659. The van der Waals surface area contributed by atoms with Crippen molar-refractivity contribution >= 4 is 0 Å². The molecule has 0 N–H and O–H groups in total. The molecule has 0 saturated carbocycles. The maximum Gasteiger partial charge on any atom is 0.435 e. The Balaban J connectivity index is 2.77. The number of rotatable bonds is 2. The number of hydrogen-bond acceptors (Lipinski definition) is 2. The number of alkyl halides is 3. The first-order valence-electron chi connectivity index (χ1n) is 3.05. The van der Waals surface area contributed by atoms with Crippen molar-refractivity contribution in [3.63, 3.8) is 0 Å². The van der Waals surface area contributed by atoms with Crippen molar-refractivity contribution < 1.29 is 17.9 Å². The van der Waals surface area contributed by atoms with Crippen molar-refractivity contribution in [2.75, 3.05) is 7.11 Å². The Bertz CT molecular complexity index is 256. The first kappa shape index (κ1) is 9.05. The quantitative estimate of drug-likeness (QED) is 0.684. The Hall–Kier alpha value is -1.04. The minimum Gasteiger partial charge on any atom is -0.362 e. The van der Waals surface area contributed by atoms with E-state index < -0.39 is 11.9 Å². The van der Waals surface area contributed by atoms with Gasteiger partial charge in [-0.15, -0.1) is 0 Å². The first-order valence-corrected chi connectivity index (χ1v) is 3.05. The summed E-state index contributed by atoms with van der Waals surface area (Å²) in [5, 5.41) is 3.18. The fourth-order valence-corrected chi connectivity index (χ4v) is 0.659. The molecule has 12 heavy (non-hydrogen) atoms. The lowest BCUT2D eigenvalue weighted by Crippen LogP contribution is -2.08. The van der Waals surface area contributed by atoms with E-state index in [1.807, 2.05) is 6.07 Å². The van der Waals surface area contributed by atoms with Crippen molar-refractivity contribution in [2.24, 2.45) is 0 Å². The minimum absolute atomic E-state index is 0.00736. The lowest BCUT2D eigenvalue weighted by Gasteiger charge is -2.00. The Morgan fingerprint density at radius 2 is 2.33 bits per heavy atom. The van der Waals surface area contributed by atoms with Crippen LogP contribution in [0.2, 0.25) is 0 Å². The Kier molecular flexibility index (Phi) is 2.37. The monoisotopic (exact) mass is 179 g/mol. The van der Waals surface area contributed by atoms with Gasteiger partial charge in [0.25, 0.3) is 0 Å². The van der Waals surface area contributed by atoms with Crippen molar-refractivity contribution in [2.45, 2.75) is 12.9 Å². The molecule has 0 aromatic carbocycles. The molecule has 0 fully saturated rings. The summed E-state index contributed by atoms with van der Waals surface area (Å²) < 4.78 is 41.3. The van der Waals surface area contributed by atoms with Gasteiger partial charge in [-0.1, -0.05) is 0 Å². The average molecular weight is 179 g/mol. The molecule has 1 rings (SSSR count). The highest BCUT2D eigenvalue weighted by atomic mass is 19.4. The highest BCUT2D eigenvalue weighted by Gasteiger charge is 2.33. The van der Waals surface area contributed by atoms with Crippen LogP contribution in [0.5, 0.6) is 0 Å². The number of ether oxygens (including phenoxy) is 1. The van der Waals surface area contributed by atoms with Gasteiger partial charge in [-0.3, -0.25) is 0 Å². The van der Waals surface area contributed by atoms with E-state index in [0.29, 0.717) is 0 Å². The van der Waals surface area contributed by atoms with Crippen molar-refractivity contribution in [3.05, 3.63) is 18.0 Å². The van der Waals surface area contributed by atoms with Crippen molar-refractivity contribution in [1.29, 1.82) is 0 Å². The smallest absolute Gasteiger partial charge is 0.362 e. The number of nitrogens with zero attached hydrogens (tertiary/aromatic N) is 2. The third-order valence-corrected chi connectivity index (χ3v) is 1.11. The van der Waals surface area contributed by atoms with Gasteiger partial charge < -0.3 is 4.74 Å². The van der Waals surface area contributed by atoms with Crippen LogP contribution in [0, 0.1) is 6.07 Å². The van der Waals surface area contributed by atoms with Gasteiger partial charge >= 0.3 is 6.18 Å². The summed E-state index contributed by atoms with van der Waals surface area (Å²) in [5.74, 6) is 0. The second kappa shape index (κ2) is 3.14. The van der Waals surface area contributed by atoms with Crippen LogP contribution in [0.15, 0.2) is 6.20 Å². The average Bonchev–Trinajstić information content (AvgIpc) is 2.35. The van der Waals surface area contributed by atoms with E-state index in [1.165, 1.54) is 7.11 Å². The zero-order chi connectivity index (χ0) is 9.19. The molecule has 1 radical (unpaired) electrons.